The number of nitrogens with two attached hydrogens (primary N) is 1. The SMILES string of the molecule is CCc1ccc(CNC(=O)CN2C[C@@H](CN)[C@H](c3ccccc3)C2)s1. The molecule has 0 saturated carbocycles. The number of thiophene rings is 1. The van der Waals surface area contributed by atoms with Gasteiger partial charge in [-0.1, -0.05) is 37.3 Å². The Morgan fingerprint density at radius 3 is 2.64 bits per heavy atom. The highest BCUT2D eigenvalue weighted by molar-refractivity contribution is 7.11. The summed E-state index contributed by atoms with van der Waals surface area (Å²) in [5, 5.41) is 3.05. The summed E-state index contributed by atoms with van der Waals surface area (Å²) in [5.74, 6) is 0.930. The smallest absolute Gasteiger partial charge is 0.234 e. The summed E-state index contributed by atoms with van der Waals surface area (Å²) < 4.78 is 0. The van der Waals surface area contributed by atoms with Crippen molar-refractivity contribution >= 4 is 17.2 Å². The molecule has 134 valence electrons. The van der Waals surface area contributed by atoms with Crippen LogP contribution in [-0.4, -0.2) is 37.0 Å². The van der Waals surface area contributed by atoms with Gasteiger partial charge in [0.2, 0.25) is 5.91 Å². The largest absolute Gasteiger partial charge is 0.350 e. The van der Waals surface area contributed by atoms with Crippen LogP contribution in [-0.2, 0) is 17.8 Å². The molecule has 3 N–H and O–H groups in total. The van der Waals surface area contributed by atoms with Crippen LogP contribution < -0.4 is 11.1 Å². The number of carbonyl (C=O) groups is 1. The number of rotatable bonds is 7. The van der Waals surface area contributed by atoms with E-state index in [9.17, 15) is 4.79 Å². The molecular formula is C20H27N3OS. The molecule has 1 aliphatic heterocycles. The van der Waals surface area contributed by atoms with E-state index in [0.717, 1.165) is 19.5 Å². The fourth-order valence-electron chi connectivity index (χ4n) is 3.56. The van der Waals surface area contributed by atoms with E-state index >= 15 is 0 Å². The maximum absolute atomic E-state index is 12.3. The van der Waals surface area contributed by atoms with E-state index in [1.165, 1.54) is 15.3 Å². The highest BCUT2D eigenvalue weighted by Gasteiger charge is 2.33. The molecule has 5 heteroatoms. The van der Waals surface area contributed by atoms with Crippen molar-refractivity contribution in [3.8, 4) is 0 Å². The van der Waals surface area contributed by atoms with Crippen LogP contribution in [0, 0.1) is 5.92 Å². The number of nitrogens with one attached hydrogen (secondary N) is 1. The van der Waals surface area contributed by atoms with E-state index in [2.05, 4.69) is 53.5 Å². The van der Waals surface area contributed by atoms with Gasteiger partial charge in [0, 0.05) is 28.8 Å². The Kier molecular flexibility index (Phi) is 6.24. The van der Waals surface area contributed by atoms with Gasteiger partial charge >= 0.3 is 0 Å². The van der Waals surface area contributed by atoms with Gasteiger partial charge in [0.25, 0.3) is 0 Å². The summed E-state index contributed by atoms with van der Waals surface area (Å²) in [4.78, 5) is 17.1. The molecule has 1 aromatic heterocycles. The normalized spacial score (nSPS) is 20.7. The fraction of sp³-hybridized carbons (Fsp3) is 0.450. The Bertz CT molecular complexity index is 685. The molecule has 1 saturated heterocycles. The van der Waals surface area contributed by atoms with Crippen LogP contribution in [0.15, 0.2) is 42.5 Å². The van der Waals surface area contributed by atoms with E-state index < -0.39 is 0 Å². The predicted molar refractivity (Wildman–Crippen MR) is 104 cm³/mol. The molecule has 25 heavy (non-hydrogen) atoms. The van der Waals surface area contributed by atoms with Gasteiger partial charge in [-0.25, -0.2) is 0 Å². The summed E-state index contributed by atoms with van der Waals surface area (Å²) in [5.41, 5.74) is 7.30. The van der Waals surface area contributed by atoms with Gasteiger partial charge in [-0.15, -0.1) is 11.3 Å². The Hall–Kier alpha value is -1.69. The zero-order valence-electron chi connectivity index (χ0n) is 14.8. The lowest BCUT2D eigenvalue weighted by atomic mass is 9.89. The number of carbonyl (C=O) groups excluding carboxylic acids is 1. The average Bonchev–Trinajstić information content (AvgIpc) is 3.27. The highest BCUT2D eigenvalue weighted by atomic mass is 32.1. The molecule has 2 atom stereocenters. The van der Waals surface area contributed by atoms with E-state index in [0.29, 0.717) is 31.5 Å². The van der Waals surface area contributed by atoms with Gasteiger partial charge < -0.3 is 11.1 Å². The zero-order chi connectivity index (χ0) is 17.6. The molecule has 0 radical (unpaired) electrons. The Morgan fingerprint density at radius 2 is 1.96 bits per heavy atom. The second-order valence-corrected chi connectivity index (χ2v) is 7.96. The predicted octanol–water partition coefficient (Wildman–Crippen LogP) is 2.60. The van der Waals surface area contributed by atoms with Crippen molar-refractivity contribution in [2.24, 2.45) is 11.7 Å². The van der Waals surface area contributed by atoms with Crippen molar-refractivity contribution in [3.05, 3.63) is 57.8 Å². The lowest BCUT2D eigenvalue weighted by Crippen LogP contribution is -2.36. The Morgan fingerprint density at radius 1 is 1.20 bits per heavy atom. The molecule has 0 aliphatic carbocycles. The van der Waals surface area contributed by atoms with Crippen molar-refractivity contribution in [3.63, 3.8) is 0 Å². The monoisotopic (exact) mass is 357 g/mol. The number of benzene rings is 1. The summed E-state index contributed by atoms with van der Waals surface area (Å²) in [7, 11) is 0. The fourth-order valence-corrected chi connectivity index (χ4v) is 4.46. The molecule has 2 aromatic rings. The van der Waals surface area contributed by atoms with Gasteiger partial charge in [0.05, 0.1) is 13.1 Å². The van der Waals surface area contributed by atoms with Gasteiger partial charge in [0.1, 0.15) is 0 Å². The van der Waals surface area contributed by atoms with Crippen molar-refractivity contribution < 1.29 is 4.79 Å². The highest BCUT2D eigenvalue weighted by Crippen LogP contribution is 2.31. The maximum Gasteiger partial charge on any atom is 0.234 e. The number of nitrogens with zero attached hydrogens (tertiary/aromatic N) is 1. The molecule has 1 aliphatic rings. The van der Waals surface area contributed by atoms with Crippen molar-refractivity contribution in [2.75, 3.05) is 26.2 Å². The van der Waals surface area contributed by atoms with Gasteiger partial charge in [-0.3, -0.25) is 9.69 Å². The zero-order valence-corrected chi connectivity index (χ0v) is 15.6. The molecule has 0 bridgehead atoms. The average molecular weight is 358 g/mol. The van der Waals surface area contributed by atoms with Crippen LogP contribution in [0.1, 0.15) is 28.2 Å². The first-order chi connectivity index (χ1) is 12.2. The minimum Gasteiger partial charge on any atom is -0.350 e. The van der Waals surface area contributed by atoms with Crippen LogP contribution >= 0.6 is 11.3 Å². The molecule has 2 heterocycles. The third kappa shape index (κ3) is 4.69. The lowest BCUT2D eigenvalue weighted by molar-refractivity contribution is -0.122. The van der Waals surface area contributed by atoms with Crippen LogP contribution in [0.3, 0.4) is 0 Å². The molecule has 1 aromatic carbocycles. The summed E-state index contributed by atoms with van der Waals surface area (Å²) in [6.45, 7) is 5.68. The summed E-state index contributed by atoms with van der Waals surface area (Å²) >= 11 is 1.77. The third-order valence-corrected chi connectivity index (χ3v) is 6.17. The minimum absolute atomic E-state index is 0.0935. The van der Waals surface area contributed by atoms with E-state index in [1.54, 1.807) is 11.3 Å². The first kappa shape index (κ1) is 18.1. The van der Waals surface area contributed by atoms with Crippen LogP contribution in [0.5, 0.6) is 0 Å². The van der Waals surface area contributed by atoms with Crippen LogP contribution in [0.4, 0.5) is 0 Å². The second-order valence-electron chi connectivity index (χ2n) is 6.71. The maximum atomic E-state index is 12.3. The van der Waals surface area contributed by atoms with Crippen molar-refractivity contribution in [2.45, 2.75) is 25.8 Å². The molecule has 0 unspecified atom stereocenters. The Labute approximate surface area is 154 Å². The molecule has 1 fully saturated rings. The van der Waals surface area contributed by atoms with E-state index in [1.807, 2.05) is 6.07 Å². The topological polar surface area (TPSA) is 58.4 Å². The van der Waals surface area contributed by atoms with Gasteiger partial charge in [0.15, 0.2) is 0 Å². The van der Waals surface area contributed by atoms with Crippen LogP contribution in [0.2, 0.25) is 0 Å². The minimum atomic E-state index is 0.0935. The van der Waals surface area contributed by atoms with Gasteiger partial charge in [-0.05, 0) is 36.6 Å². The molecule has 1 amide bonds. The first-order valence-electron chi connectivity index (χ1n) is 9.01. The molecular weight excluding hydrogens is 330 g/mol. The molecule has 3 rings (SSSR count). The van der Waals surface area contributed by atoms with Crippen LogP contribution in [0.25, 0.3) is 0 Å². The molecule has 0 spiro atoms. The number of hydrogen-bond donors (Lipinski definition) is 2. The summed E-state index contributed by atoms with van der Waals surface area (Å²) in [6, 6.07) is 14.8. The third-order valence-electron chi connectivity index (χ3n) is 4.94. The second kappa shape index (κ2) is 8.61. The van der Waals surface area contributed by atoms with E-state index in [-0.39, 0.29) is 5.91 Å². The lowest BCUT2D eigenvalue weighted by Gasteiger charge is -2.16. The number of likely N-dealkylation sites (tertiary alicyclic amines) is 1. The van der Waals surface area contributed by atoms with Crippen molar-refractivity contribution in [1.29, 1.82) is 0 Å². The van der Waals surface area contributed by atoms with Crippen molar-refractivity contribution in [1.82, 2.24) is 10.2 Å². The quantitative estimate of drug-likeness (QED) is 0.801. The number of amides is 1. The first-order valence-corrected chi connectivity index (χ1v) is 9.83. The molecule has 4 nitrogen and oxygen atoms in total. The standard InChI is InChI=1S/C20H27N3OS/c1-2-17-8-9-18(25-17)11-22-20(24)14-23-12-16(10-21)19(13-23)15-6-4-3-5-7-15/h3-9,16,19H,2,10-14,21H2,1H3,(H,22,24)/t16-,19+/m1/s1. The summed E-state index contributed by atoms with van der Waals surface area (Å²) in [6.07, 6.45) is 1.05. The number of hydrogen-bond acceptors (Lipinski definition) is 4. The van der Waals surface area contributed by atoms with Gasteiger partial charge in [-0.2, -0.15) is 0 Å². The van der Waals surface area contributed by atoms with E-state index in [4.69, 9.17) is 5.73 Å². The number of aryl methyl sites for hydroxylation is 1. The Balaban J connectivity index is 1.51.